The van der Waals surface area contributed by atoms with Crippen molar-refractivity contribution in [1.29, 1.82) is 0 Å². The number of hydrogen-bond donors (Lipinski definition) is 0. The molecule has 2 aliphatic heterocycles. The summed E-state index contributed by atoms with van der Waals surface area (Å²) in [6, 6.07) is 10.3. The first-order valence-electron chi connectivity index (χ1n) is 9.20. The number of fused-ring (bicyclic) bond motifs is 1. The molecule has 0 unspecified atom stereocenters. The van der Waals surface area contributed by atoms with Gasteiger partial charge in [0.2, 0.25) is 5.95 Å². The van der Waals surface area contributed by atoms with Crippen LogP contribution in [0.1, 0.15) is 5.56 Å². The van der Waals surface area contributed by atoms with Crippen molar-refractivity contribution in [1.82, 2.24) is 25.1 Å². The van der Waals surface area contributed by atoms with Gasteiger partial charge in [-0.3, -0.25) is 0 Å². The largest absolute Gasteiger partial charge is 0.352 e. The summed E-state index contributed by atoms with van der Waals surface area (Å²) >= 11 is 0. The van der Waals surface area contributed by atoms with E-state index in [1.165, 1.54) is 11.3 Å². The lowest BCUT2D eigenvalue weighted by atomic mass is 10.2. The van der Waals surface area contributed by atoms with E-state index in [0.717, 1.165) is 50.9 Å². The molecule has 1 saturated heterocycles. The molecule has 2 aromatic heterocycles. The normalized spacial score (nSPS) is 16.5. The molecular formula is C19H20N8. The van der Waals surface area contributed by atoms with Crippen LogP contribution in [0.4, 0.5) is 23.4 Å². The topological polar surface area (TPSA) is 74.2 Å². The Balaban J connectivity index is 1.32. The van der Waals surface area contributed by atoms with Gasteiger partial charge in [0.15, 0.2) is 5.82 Å². The number of piperazine rings is 1. The van der Waals surface area contributed by atoms with E-state index in [9.17, 15) is 0 Å². The molecule has 0 N–H and O–H groups in total. The van der Waals surface area contributed by atoms with Gasteiger partial charge in [0.05, 0.1) is 6.20 Å². The molecule has 0 radical (unpaired) electrons. The smallest absolute Gasteiger partial charge is 0.251 e. The molecule has 8 heteroatoms. The molecule has 0 bridgehead atoms. The third kappa shape index (κ3) is 3.03. The van der Waals surface area contributed by atoms with E-state index in [4.69, 9.17) is 4.98 Å². The zero-order valence-electron chi connectivity index (χ0n) is 14.9. The standard InChI is InChI=1S/C19H20N8/c1-2-5-16-15(4-1)6-9-27(16)19-23-17(14-22-24-19)25-10-12-26(13-11-25)18-20-7-3-8-21-18/h1-5,7-8,14H,6,9-13H2. The second-order valence-corrected chi connectivity index (χ2v) is 6.67. The minimum Gasteiger partial charge on any atom is -0.352 e. The van der Waals surface area contributed by atoms with Crippen LogP contribution < -0.4 is 14.7 Å². The van der Waals surface area contributed by atoms with E-state index >= 15 is 0 Å². The molecule has 0 aliphatic carbocycles. The Hall–Kier alpha value is -3.29. The maximum absolute atomic E-state index is 4.80. The summed E-state index contributed by atoms with van der Waals surface area (Å²) in [6.45, 7) is 4.31. The maximum Gasteiger partial charge on any atom is 0.251 e. The summed E-state index contributed by atoms with van der Waals surface area (Å²) in [5, 5.41) is 8.51. The molecule has 0 amide bonds. The second-order valence-electron chi connectivity index (χ2n) is 6.67. The van der Waals surface area contributed by atoms with E-state index in [1.807, 2.05) is 6.07 Å². The Morgan fingerprint density at radius 1 is 0.778 bits per heavy atom. The highest BCUT2D eigenvalue weighted by Gasteiger charge is 2.24. The molecule has 5 rings (SSSR count). The highest BCUT2D eigenvalue weighted by Crippen LogP contribution is 2.32. The predicted molar refractivity (Wildman–Crippen MR) is 103 cm³/mol. The lowest BCUT2D eigenvalue weighted by molar-refractivity contribution is 0.631. The van der Waals surface area contributed by atoms with Crippen molar-refractivity contribution in [2.45, 2.75) is 6.42 Å². The Morgan fingerprint density at radius 2 is 1.56 bits per heavy atom. The van der Waals surface area contributed by atoms with Crippen molar-refractivity contribution in [2.75, 3.05) is 47.4 Å². The van der Waals surface area contributed by atoms with E-state index in [0.29, 0.717) is 5.95 Å². The van der Waals surface area contributed by atoms with Gasteiger partial charge in [-0.1, -0.05) is 18.2 Å². The predicted octanol–water partition coefficient (Wildman–Crippen LogP) is 1.68. The highest BCUT2D eigenvalue weighted by atomic mass is 15.4. The van der Waals surface area contributed by atoms with Crippen LogP contribution in [-0.4, -0.2) is 57.9 Å². The molecule has 136 valence electrons. The van der Waals surface area contributed by atoms with Gasteiger partial charge in [-0.25, -0.2) is 9.97 Å². The van der Waals surface area contributed by atoms with Gasteiger partial charge < -0.3 is 14.7 Å². The average Bonchev–Trinajstić information content (AvgIpc) is 3.19. The van der Waals surface area contributed by atoms with Crippen LogP contribution in [0.25, 0.3) is 0 Å². The maximum atomic E-state index is 4.80. The summed E-state index contributed by atoms with van der Waals surface area (Å²) in [5.74, 6) is 2.33. The molecule has 1 aromatic carbocycles. The van der Waals surface area contributed by atoms with Crippen LogP contribution >= 0.6 is 0 Å². The Morgan fingerprint density at radius 3 is 2.41 bits per heavy atom. The lowest BCUT2D eigenvalue weighted by Crippen LogP contribution is -2.47. The Bertz CT molecular complexity index is 924. The van der Waals surface area contributed by atoms with Crippen LogP contribution in [0, 0.1) is 0 Å². The molecule has 27 heavy (non-hydrogen) atoms. The Kier molecular flexibility index (Phi) is 4.00. The zero-order chi connectivity index (χ0) is 18.1. The molecule has 4 heterocycles. The SMILES string of the molecule is c1cnc(N2CCN(c3cnnc(N4CCc5ccccc54)n3)CC2)nc1. The molecule has 0 atom stereocenters. The first-order valence-corrected chi connectivity index (χ1v) is 9.20. The summed E-state index contributed by atoms with van der Waals surface area (Å²) in [5.41, 5.74) is 2.52. The fraction of sp³-hybridized carbons (Fsp3) is 0.316. The monoisotopic (exact) mass is 360 g/mol. The number of benzene rings is 1. The number of rotatable bonds is 3. The average molecular weight is 360 g/mol. The van der Waals surface area contributed by atoms with Crippen molar-refractivity contribution >= 4 is 23.4 Å². The van der Waals surface area contributed by atoms with Crippen LogP contribution in [-0.2, 0) is 6.42 Å². The third-order valence-corrected chi connectivity index (χ3v) is 5.10. The minimum absolute atomic E-state index is 0.672. The second kappa shape index (κ2) is 6.79. The van der Waals surface area contributed by atoms with Gasteiger partial charge >= 0.3 is 0 Å². The summed E-state index contributed by atoms with van der Waals surface area (Å²) < 4.78 is 0. The molecule has 1 fully saturated rings. The van der Waals surface area contributed by atoms with Crippen molar-refractivity contribution in [2.24, 2.45) is 0 Å². The number of para-hydroxylation sites is 1. The Labute approximate surface area is 157 Å². The fourth-order valence-corrected chi connectivity index (χ4v) is 3.69. The van der Waals surface area contributed by atoms with Crippen LogP contribution in [0.15, 0.2) is 48.9 Å². The van der Waals surface area contributed by atoms with E-state index in [1.54, 1.807) is 18.6 Å². The van der Waals surface area contributed by atoms with E-state index in [2.05, 4.69) is 59.1 Å². The summed E-state index contributed by atoms with van der Waals surface area (Å²) in [7, 11) is 0. The fourth-order valence-electron chi connectivity index (χ4n) is 3.69. The molecular weight excluding hydrogens is 340 g/mol. The van der Waals surface area contributed by atoms with Crippen molar-refractivity contribution in [3.63, 3.8) is 0 Å². The quantitative estimate of drug-likeness (QED) is 0.698. The molecule has 8 nitrogen and oxygen atoms in total. The highest BCUT2D eigenvalue weighted by molar-refractivity contribution is 5.66. The zero-order valence-corrected chi connectivity index (χ0v) is 14.9. The van der Waals surface area contributed by atoms with Gasteiger partial charge in [0, 0.05) is 50.8 Å². The number of anilines is 4. The molecule has 3 aromatic rings. The van der Waals surface area contributed by atoms with Gasteiger partial charge in [0.25, 0.3) is 5.95 Å². The number of aromatic nitrogens is 5. The molecule has 0 spiro atoms. The van der Waals surface area contributed by atoms with Crippen molar-refractivity contribution < 1.29 is 0 Å². The van der Waals surface area contributed by atoms with Crippen LogP contribution in [0.2, 0.25) is 0 Å². The molecule has 0 saturated carbocycles. The lowest BCUT2D eigenvalue weighted by Gasteiger charge is -2.35. The molecule has 2 aliphatic rings. The number of hydrogen-bond acceptors (Lipinski definition) is 8. The van der Waals surface area contributed by atoms with Crippen molar-refractivity contribution in [3.8, 4) is 0 Å². The van der Waals surface area contributed by atoms with E-state index < -0.39 is 0 Å². The first-order chi connectivity index (χ1) is 13.4. The van der Waals surface area contributed by atoms with Gasteiger partial charge in [-0.15, -0.1) is 5.10 Å². The van der Waals surface area contributed by atoms with Gasteiger partial charge in [0.1, 0.15) is 0 Å². The van der Waals surface area contributed by atoms with Gasteiger partial charge in [-0.05, 0) is 24.1 Å². The summed E-state index contributed by atoms with van der Waals surface area (Å²) in [6.07, 6.45) is 6.33. The van der Waals surface area contributed by atoms with Crippen LogP contribution in [0.5, 0.6) is 0 Å². The third-order valence-electron chi connectivity index (χ3n) is 5.10. The first kappa shape index (κ1) is 15.9. The van der Waals surface area contributed by atoms with Crippen molar-refractivity contribution in [3.05, 3.63) is 54.5 Å². The van der Waals surface area contributed by atoms with Gasteiger partial charge in [-0.2, -0.15) is 10.1 Å². The minimum atomic E-state index is 0.672. The summed E-state index contributed by atoms with van der Waals surface area (Å²) in [4.78, 5) is 20.1. The van der Waals surface area contributed by atoms with Crippen LogP contribution in [0.3, 0.4) is 0 Å². The number of nitrogens with zero attached hydrogens (tertiary/aromatic N) is 8. The van der Waals surface area contributed by atoms with E-state index in [-0.39, 0.29) is 0 Å².